The van der Waals surface area contributed by atoms with Gasteiger partial charge in [-0.05, 0) is 32.0 Å². The predicted octanol–water partition coefficient (Wildman–Crippen LogP) is 1.27. The van der Waals surface area contributed by atoms with Gasteiger partial charge in [-0.2, -0.15) is 0 Å². The van der Waals surface area contributed by atoms with E-state index in [9.17, 15) is 0 Å². The molecule has 4 heteroatoms. The van der Waals surface area contributed by atoms with Crippen molar-refractivity contribution in [2.45, 2.75) is 25.4 Å². The van der Waals surface area contributed by atoms with Crippen molar-refractivity contribution in [1.82, 2.24) is 15.2 Å². The molecule has 1 aliphatic heterocycles. The first-order valence-electron chi connectivity index (χ1n) is 6.20. The van der Waals surface area contributed by atoms with Crippen LogP contribution in [0.4, 0.5) is 0 Å². The number of piperidine rings is 1. The minimum atomic E-state index is 0.634. The summed E-state index contributed by atoms with van der Waals surface area (Å²) in [6, 6.07) is 4.65. The first-order valence-corrected chi connectivity index (χ1v) is 6.20. The summed E-state index contributed by atoms with van der Waals surface area (Å²) in [5.41, 5.74) is 1.25. The largest absolute Gasteiger partial charge is 0.481 e. The number of likely N-dealkylation sites (N-methyl/N-ethyl adjacent to an activating group) is 1. The third kappa shape index (κ3) is 3.41. The fraction of sp³-hybridized carbons (Fsp3) is 0.615. The van der Waals surface area contributed by atoms with Gasteiger partial charge in [0.2, 0.25) is 5.88 Å². The molecule has 2 rings (SSSR count). The van der Waals surface area contributed by atoms with Crippen LogP contribution in [0, 0.1) is 0 Å². The number of ether oxygens (including phenoxy) is 1. The Labute approximate surface area is 103 Å². The van der Waals surface area contributed by atoms with Crippen LogP contribution in [0.15, 0.2) is 18.3 Å². The van der Waals surface area contributed by atoms with Crippen molar-refractivity contribution in [2.24, 2.45) is 0 Å². The number of methoxy groups -OCH3 is 1. The molecule has 0 aromatic carbocycles. The fourth-order valence-electron chi connectivity index (χ4n) is 2.32. The van der Waals surface area contributed by atoms with E-state index in [1.54, 1.807) is 7.11 Å². The Balaban J connectivity index is 1.90. The molecule has 94 valence electrons. The maximum Gasteiger partial charge on any atom is 0.212 e. The fourth-order valence-corrected chi connectivity index (χ4v) is 2.32. The lowest BCUT2D eigenvalue weighted by molar-refractivity contribution is 0.188. The van der Waals surface area contributed by atoms with Gasteiger partial charge in [0, 0.05) is 31.4 Å². The molecule has 1 saturated heterocycles. The van der Waals surface area contributed by atoms with Crippen LogP contribution in [0.2, 0.25) is 0 Å². The minimum absolute atomic E-state index is 0.634. The van der Waals surface area contributed by atoms with Crippen molar-refractivity contribution < 1.29 is 4.74 Å². The quantitative estimate of drug-likeness (QED) is 0.853. The number of likely N-dealkylation sites (tertiary alicyclic amines) is 1. The highest BCUT2D eigenvalue weighted by Gasteiger charge is 2.18. The zero-order chi connectivity index (χ0) is 12.1. The van der Waals surface area contributed by atoms with Crippen LogP contribution in [-0.2, 0) is 6.54 Å². The molecule has 0 aliphatic carbocycles. The van der Waals surface area contributed by atoms with Crippen molar-refractivity contribution in [3.63, 3.8) is 0 Å². The van der Waals surface area contributed by atoms with E-state index in [1.165, 1.54) is 24.9 Å². The Bertz CT molecular complexity index is 339. The van der Waals surface area contributed by atoms with Crippen LogP contribution in [0.1, 0.15) is 18.4 Å². The van der Waals surface area contributed by atoms with Crippen LogP contribution >= 0.6 is 0 Å². The Morgan fingerprint density at radius 2 is 2.41 bits per heavy atom. The lowest BCUT2D eigenvalue weighted by Gasteiger charge is -2.32. The Kier molecular flexibility index (Phi) is 4.34. The molecule has 2 heterocycles. The number of nitrogens with one attached hydrogen (secondary N) is 1. The molecule has 1 unspecified atom stereocenters. The first kappa shape index (κ1) is 12.3. The van der Waals surface area contributed by atoms with Gasteiger partial charge in [-0.1, -0.05) is 6.07 Å². The number of nitrogens with zero attached hydrogens (tertiary/aromatic N) is 2. The first-order chi connectivity index (χ1) is 8.31. The van der Waals surface area contributed by atoms with Crippen molar-refractivity contribution in [2.75, 3.05) is 27.2 Å². The van der Waals surface area contributed by atoms with E-state index in [0.29, 0.717) is 11.9 Å². The van der Waals surface area contributed by atoms with E-state index in [4.69, 9.17) is 4.74 Å². The summed E-state index contributed by atoms with van der Waals surface area (Å²) in [4.78, 5) is 6.72. The van der Waals surface area contributed by atoms with E-state index in [0.717, 1.165) is 13.1 Å². The van der Waals surface area contributed by atoms with E-state index in [1.807, 2.05) is 19.3 Å². The molecule has 0 saturated carbocycles. The maximum atomic E-state index is 5.06. The average Bonchev–Trinajstić information content (AvgIpc) is 2.40. The van der Waals surface area contributed by atoms with Gasteiger partial charge in [0.25, 0.3) is 0 Å². The van der Waals surface area contributed by atoms with Crippen molar-refractivity contribution in [1.29, 1.82) is 0 Å². The number of hydrogen-bond acceptors (Lipinski definition) is 4. The molecule has 0 spiro atoms. The molecule has 0 amide bonds. The van der Waals surface area contributed by atoms with E-state index in [-0.39, 0.29) is 0 Å². The molecule has 1 aromatic heterocycles. The monoisotopic (exact) mass is 235 g/mol. The molecule has 1 N–H and O–H groups in total. The van der Waals surface area contributed by atoms with E-state index in [2.05, 4.69) is 21.3 Å². The summed E-state index contributed by atoms with van der Waals surface area (Å²) in [6.45, 7) is 3.29. The van der Waals surface area contributed by atoms with E-state index >= 15 is 0 Å². The van der Waals surface area contributed by atoms with Gasteiger partial charge in [-0.15, -0.1) is 0 Å². The predicted molar refractivity (Wildman–Crippen MR) is 68.1 cm³/mol. The lowest BCUT2D eigenvalue weighted by atomic mass is 10.1. The molecule has 0 bridgehead atoms. The number of pyridine rings is 1. The highest BCUT2D eigenvalue weighted by molar-refractivity contribution is 5.17. The van der Waals surface area contributed by atoms with Crippen molar-refractivity contribution in [3.8, 4) is 5.88 Å². The summed E-state index contributed by atoms with van der Waals surface area (Å²) in [5, 5.41) is 3.36. The van der Waals surface area contributed by atoms with Crippen LogP contribution < -0.4 is 10.1 Å². The van der Waals surface area contributed by atoms with Gasteiger partial charge in [-0.25, -0.2) is 4.98 Å². The van der Waals surface area contributed by atoms with Gasteiger partial charge in [-0.3, -0.25) is 4.90 Å². The second-order valence-corrected chi connectivity index (χ2v) is 4.57. The third-order valence-electron chi connectivity index (χ3n) is 3.33. The number of rotatable bonds is 4. The van der Waals surface area contributed by atoms with Gasteiger partial charge >= 0.3 is 0 Å². The van der Waals surface area contributed by atoms with Crippen molar-refractivity contribution in [3.05, 3.63) is 23.9 Å². The van der Waals surface area contributed by atoms with Gasteiger partial charge in [0.05, 0.1) is 7.11 Å². The Morgan fingerprint density at radius 1 is 1.53 bits per heavy atom. The molecule has 1 aromatic rings. The Hall–Kier alpha value is -1.13. The molecule has 17 heavy (non-hydrogen) atoms. The van der Waals surface area contributed by atoms with Crippen LogP contribution in [0.3, 0.4) is 0 Å². The third-order valence-corrected chi connectivity index (χ3v) is 3.33. The summed E-state index contributed by atoms with van der Waals surface area (Å²) in [5.74, 6) is 0.681. The van der Waals surface area contributed by atoms with Crippen LogP contribution in [0.5, 0.6) is 5.88 Å². The number of hydrogen-bond donors (Lipinski definition) is 1. The second kappa shape index (κ2) is 5.98. The summed E-state index contributed by atoms with van der Waals surface area (Å²) >= 11 is 0. The highest BCUT2D eigenvalue weighted by Crippen LogP contribution is 2.14. The SMILES string of the molecule is CNC1CCCN(Cc2ccc(OC)nc2)C1. The zero-order valence-electron chi connectivity index (χ0n) is 10.6. The smallest absolute Gasteiger partial charge is 0.212 e. The molecule has 1 atom stereocenters. The molecular weight excluding hydrogens is 214 g/mol. The topological polar surface area (TPSA) is 37.4 Å². The highest BCUT2D eigenvalue weighted by atomic mass is 16.5. The number of aromatic nitrogens is 1. The van der Waals surface area contributed by atoms with Gasteiger partial charge in [0.15, 0.2) is 0 Å². The van der Waals surface area contributed by atoms with Gasteiger partial charge < -0.3 is 10.1 Å². The van der Waals surface area contributed by atoms with E-state index < -0.39 is 0 Å². The van der Waals surface area contributed by atoms with Crippen LogP contribution in [-0.4, -0.2) is 43.2 Å². The van der Waals surface area contributed by atoms with Crippen LogP contribution in [0.25, 0.3) is 0 Å². The molecular formula is C13H21N3O. The summed E-state index contributed by atoms with van der Waals surface area (Å²) in [7, 11) is 3.69. The summed E-state index contributed by atoms with van der Waals surface area (Å²) < 4.78 is 5.06. The molecule has 1 aliphatic rings. The average molecular weight is 235 g/mol. The van der Waals surface area contributed by atoms with Gasteiger partial charge in [0.1, 0.15) is 0 Å². The second-order valence-electron chi connectivity index (χ2n) is 4.57. The Morgan fingerprint density at radius 3 is 3.06 bits per heavy atom. The normalized spacial score (nSPS) is 21.4. The standard InChI is InChI=1S/C13H21N3O/c1-14-12-4-3-7-16(10-12)9-11-5-6-13(17-2)15-8-11/h5-6,8,12,14H,3-4,7,9-10H2,1-2H3. The zero-order valence-corrected chi connectivity index (χ0v) is 10.6. The molecule has 1 fully saturated rings. The lowest BCUT2D eigenvalue weighted by Crippen LogP contribution is -2.43. The molecule has 0 radical (unpaired) electrons. The maximum absolute atomic E-state index is 5.06. The molecule has 4 nitrogen and oxygen atoms in total. The summed E-state index contributed by atoms with van der Waals surface area (Å²) in [6.07, 6.45) is 4.46. The minimum Gasteiger partial charge on any atom is -0.481 e. The van der Waals surface area contributed by atoms with Crippen molar-refractivity contribution >= 4 is 0 Å².